The number of hydrogen-bond acceptors (Lipinski definition) is 2. The fraction of sp³-hybridized carbons (Fsp3) is 0.500. The van der Waals surface area contributed by atoms with Crippen LogP contribution in [0.2, 0.25) is 0 Å². The summed E-state index contributed by atoms with van der Waals surface area (Å²) in [4.78, 5) is 13.3. The van der Waals surface area contributed by atoms with Crippen molar-refractivity contribution in [1.29, 1.82) is 0 Å². The first kappa shape index (κ1) is 11.2. The Hall–Kier alpha value is -1.31. The van der Waals surface area contributed by atoms with Gasteiger partial charge in [0.2, 0.25) is 0 Å². The van der Waals surface area contributed by atoms with Crippen molar-refractivity contribution >= 4 is 12.0 Å². The molecule has 0 saturated carbocycles. The average Bonchev–Trinajstić information content (AvgIpc) is 2.39. The molecule has 1 saturated heterocycles. The first-order valence-electron chi connectivity index (χ1n) is 6.14. The number of anilines is 1. The van der Waals surface area contributed by atoms with E-state index >= 15 is 0 Å². The quantitative estimate of drug-likeness (QED) is 0.725. The minimum absolute atomic E-state index is 0.817. The molecule has 1 aromatic carbocycles. The van der Waals surface area contributed by atoms with Crippen LogP contribution in [0, 0.1) is 5.92 Å². The summed E-state index contributed by atoms with van der Waals surface area (Å²) in [6, 6.07) is 7.88. The Balaban J connectivity index is 2.10. The smallest absolute Gasteiger partial charge is 0.152 e. The Morgan fingerprint density at radius 2 is 2.00 bits per heavy atom. The Morgan fingerprint density at radius 3 is 2.62 bits per heavy atom. The van der Waals surface area contributed by atoms with Gasteiger partial charge < -0.3 is 4.90 Å². The molecule has 0 amide bonds. The van der Waals surface area contributed by atoms with E-state index < -0.39 is 0 Å². The third kappa shape index (κ3) is 2.26. The Bertz CT molecular complexity index is 354. The van der Waals surface area contributed by atoms with Gasteiger partial charge in [0.15, 0.2) is 6.29 Å². The highest BCUT2D eigenvalue weighted by Gasteiger charge is 2.19. The van der Waals surface area contributed by atoms with E-state index in [0.717, 1.165) is 36.5 Å². The van der Waals surface area contributed by atoms with E-state index in [1.54, 1.807) is 0 Å². The summed E-state index contributed by atoms with van der Waals surface area (Å²) in [5.41, 5.74) is 1.92. The molecule has 1 fully saturated rings. The van der Waals surface area contributed by atoms with E-state index in [-0.39, 0.29) is 0 Å². The van der Waals surface area contributed by atoms with Gasteiger partial charge in [0.05, 0.1) is 0 Å². The minimum Gasteiger partial charge on any atom is -0.371 e. The summed E-state index contributed by atoms with van der Waals surface area (Å²) in [5, 5.41) is 0. The molecule has 2 nitrogen and oxygen atoms in total. The van der Waals surface area contributed by atoms with Gasteiger partial charge in [-0.15, -0.1) is 0 Å². The second-order valence-corrected chi connectivity index (χ2v) is 4.52. The zero-order valence-electron chi connectivity index (χ0n) is 9.86. The van der Waals surface area contributed by atoms with E-state index in [9.17, 15) is 4.79 Å². The summed E-state index contributed by atoms with van der Waals surface area (Å²) in [6.07, 6.45) is 4.75. The van der Waals surface area contributed by atoms with Crippen LogP contribution in [0.25, 0.3) is 0 Å². The lowest BCUT2D eigenvalue weighted by Crippen LogP contribution is -2.34. The van der Waals surface area contributed by atoms with Crippen molar-refractivity contribution in [3.8, 4) is 0 Å². The molecule has 0 N–H and O–H groups in total. The van der Waals surface area contributed by atoms with E-state index in [1.807, 2.05) is 18.2 Å². The third-order valence-corrected chi connectivity index (χ3v) is 3.60. The van der Waals surface area contributed by atoms with Crippen molar-refractivity contribution in [1.82, 2.24) is 0 Å². The number of benzene rings is 1. The number of nitrogens with zero attached hydrogens (tertiary/aromatic N) is 1. The normalized spacial score (nSPS) is 17.4. The second kappa shape index (κ2) is 5.15. The van der Waals surface area contributed by atoms with Crippen LogP contribution in [0.3, 0.4) is 0 Å². The van der Waals surface area contributed by atoms with E-state index in [2.05, 4.69) is 17.9 Å². The number of para-hydroxylation sites is 1. The second-order valence-electron chi connectivity index (χ2n) is 4.52. The van der Waals surface area contributed by atoms with Crippen molar-refractivity contribution < 1.29 is 4.79 Å². The number of carbonyl (C=O) groups is 1. The maximum Gasteiger partial charge on any atom is 0.152 e. The summed E-state index contributed by atoms with van der Waals surface area (Å²) in [6.45, 7) is 4.44. The molecule has 0 radical (unpaired) electrons. The summed E-state index contributed by atoms with van der Waals surface area (Å²) < 4.78 is 0. The van der Waals surface area contributed by atoms with Crippen molar-refractivity contribution in [3.05, 3.63) is 29.8 Å². The molecule has 1 heterocycles. The monoisotopic (exact) mass is 217 g/mol. The molecule has 1 aromatic rings. The number of rotatable bonds is 3. The summed E-state index contributed by atoms with van der Waals surface area (Å²) in [5.74, 6) is 0.875. The van der Waals surface area contributed by atoms with Gasteiger partial charge in [0.25, 0.3) is 0 Å². The number of piperidine rings is 1. The van der Waals surface area contributed by atoms with Crippen LogP contribution < -0.4 is 4.90 Å². The molecule has 2 heteroatoms. The first-order valence-corrected chi connectivity index (χ1v) is 6.14. The zero-order valence-corrected chi connectivity index (χ0v) is 9.86. The Kier molecular flexibility index (Phi) is 3.60. The van der Waals surface area contributed by atoms with Crippen LogP contribution in [0.5, 0.6) is 0 Å². The maximum absolute atomic E-state index is 11.0. The van der Waals surface area contributed by atoms with Crippen LogP contribution >= 0.6 is 0 Å². The molecule has 0 unspecified atom stereocenters. The van der Waals surface area contributed by atoms with E-state index in [0.29, 0.717) is 0 Å². The molecular formula is C14H19NO. The van der Waals surface area contributed by atoms with Crippen LogP contribution in [0.15, 0.2) is 24.3 Å². The molecule has 86 valence electrons. The van der Waals surface area contributed by atoms with Crippen LogP contribution in [-0.2, 0) is 0 Å². The molecule has 0 aliphatic carbocycles. The van der Waals surface area contributed by atoms with E-state index in [1.165, 1.54) is 19.3 Å². The lowest BCUT2D eigenvalue weighted by molar-refractivity contribution is 0.112. The number of aldehydes is 1. The largest absolute Gasteiger partial charge is 0.371 e. The van der Waals surface area contributed by atoms with Crippen molar-refractivity contribution in [2.45, 2.75) is 26.2 Å². The highest BCUT2D eigenvalue weighted by molar-refractivity contribution is 5.84. The van der Waals surface area contributed by atoms with Gasteiger partial charge >= 0.3 is 0 Å². The SMILES string of the molecule is CCC1CCN(c2ccccc2C=O)CC1. The van der Waals surface area contributed by atoms with Crippen molar-refractivity contribution in [3.63, 3.8) is 0 Å². The van der Waals surface area contributed by atoms with Gasteiger partial charge in [-0.05, 0) is 30.9 Å². The lowest BCUT2D eigenvalue weighted by Gasteiger charge is -2.33. The van der Waals surface area contributed by atoms with Crippen LogP contribution in [-0.4, -0.2) is 19.4 Å². The zero-order chi connectivity index (χ0) is 11.4. The number of hydrogen-bond donors (Lipinski definition) is 0. The molecule has 0 spiro atoms. The molecule has 16 heavy (non-hydrogen) atoms. The van der Waals surface area contributed by atoms with Gasteiger partial charge in [0, 0.05) is 24.3 Å². The van der Waals surface area contributed by atoms with Crippen molar-refractivity contribution in [2.24, 2.45) is 5.92 Å². The third-order valence-electron chi connectivity index (χ3n) is 3.60. The predicted octanol–water partition coefficient (Wildman–Crippen LogP) is 3.13. The standard InChI is InChI=1S/C14H19NO/c1-2-12-7-9-15(10-8-12)14-6-4-3-5-13(14)11-16/h3-6,11-12H,2,7-10H2,1H3. The Morgan fingerprint density at radius 1 is 1.31 bits per heavy atom. The van der Waals surface area contributed by atoms with Gasteiger partial charge in [-0.3, -0.25) is 4.79 Å². The highest BCUT2D eigenvalue weighted by Crippen LogP contribution is 2.26. The van der Waals surface area contributed by atoms with Gasteiger partial charge in [-0.25, -0.2) is 0 Å². The van der Waals surface area contributed by atoms with Gasteiger partial charge in [-0.1, -0.05) is 25.5 Å². The molecule has 0 aromatic heterocycles. The molecule has 0 atom stereocenters. The predicted molar refractivity (Wildman–Crippen MR) is 67.1 cm³/mol. The Labute approximate surface area is 97.3 Å². The first-order chi connectivity index (χ1) is 7.85. The van der Waals surface area contributed by atoms with Crippen molar-refractivity contribution in [2.75, 3.05) is 18.0 Å². The molecule has 1 aliphatic rings. The molecule has 1 aliphatic heterocycles. The van der Waals surface area contributed by atoms with Gasteiger partial charge in [-0.2, -0.15) is 0 Å². The molecule has 2 rings (SSSR count). The lowest BCUT2D eigenvalue weighted by atomic mass is 9.94. The fourth-order valence-corrected chi connectivity index (χ4v) is 2.46. The fourth-order valence-electron chi connectivity index (χ4n) is 2.46. The van der Waals surface area contributed by atoms with E-state index in [4.69, 9.17) is 0 Å². The summed E-state index contributed by atoms with van der Waals surface area (Å²) in [7, 11) is 0. The highest BCUT2D eigenvalue weighted by atomic mass is 16.1. The minimum atomic E-state index is 0.817. The maximum atomic E-state index is 11.0. The van der Waals surface area contributed by atoms with Gasteiger partial charge in [0.1, 0.15) is 0 Å². The van der Waals surface area contributed by atoms with Crippen LogP contribution in [0.4, 0.5) is 5.69 Å². The topological polar surface area (TPSA) is 20.3 Å². The number of carbonyl (C=O) groups excluding carboxylic acids is 1. The molecular weight excluding hydrogens is 198 g/mol. The molecule has 0 bridgehead atoms. The summed E-state index contributed by atoms with van der Waals surface area (Å²) >= 11 is 0. The van der Waals surface area contributed by atoms with Crippen LogP contribution in [0.1, 0.15) is 36.5 Å². The average molecular weight is 217 g/mol.